The van der Waals surface area contributed by atoms with Crippen LogP contribution >= 0.6 is 0 Å². The van der Waals surface area contributed by atoms with E-state index in [1.54, 1.807) is 6.92 Å². The van der Waals surface area contributed by atoms with Crippen molar-refractivity contribution in [3.8, 4) is 11.8 Å². The van der Waals surface area contributed by atoms with Crippen LogP contribution in [0.15, 0.2) is 24.3 Å². The second kappa shape index (κ2) is 6.85. The smallest absolute Gasteiger partial charge is 0.359 e. The number of aromatic nitrogens is 2. The molecule has 0 saturated carbocycles. The number of hydrogen-bond acceptors (Lipinski definition) is 5. The summed E-state index contributed by atoms with van der Waals surface area (Å²) in [6.07, 6.45) is 1.22. The normalized spacial score (nSPS) is 14.0. The molecule has 0 bridgehead atoms. The monoisotopic (exact) mass is 324 g/mol. The number of benzene rings is 1. The third-order valence-electron chi connectivity index (χ3n) is 4.18. The van der Waals surface area contributed by atoms with Gasteiger partial charge in [-0.3, -0.25) is 0 Å². The molecule has 0 saturated heterocycles. The summed E-state index contributed by atoms with van der Waals surface area (Å²) in [6, 6.07) is 9.86. The summed E-state index contributed by atoms with van der Waals surface area (Å²) in [7, 11) is 2.03. The van der Waals surface area contributed by atoms with E-state index in [-0.39, 0.29) is 5.97 Å². The predicted octanol–water partition coefficient (Wildman–Crippen LogP) is 2.10. The lowest BCUT2D eigenvalue weighted by Crippen LogP contribution is -2.28. The molecule has 0 atom stereocenters. The Morgan fingerprint density at radius 1 is 1.38 bits per heavy atom. The molecule has 2 heterocycles. The summed E-state index contributed by atoms with van der Waals surface area (Å²) in [5.74, 6) is -0.371. The van der Waals surface area contributed by atoms with Crippen molar-refractivity contribution in [3.63, 3.8) is 0 Å². The van der Waals surface area contributed by atoms with E-state index in [4.69, 9.17) is 10.00 Å². The fourth-order valence-corrected chi connectivity index (χ4v) is 2.98. The SMILES string of the molecule is CCOC(=O)c1nn(-c2ccc(CC#N)cc2)c2c1CN(C)CC2. The van der Waals surface area contributed by atoms with Crippen molar-refractivity contribution in [3.05, 3.63) is 46.8 Å². The molecule has 0 radical (unpaired) electrons. The van der Waals surface area contributed by atoms with Gasteiger partial charge in [0.2, 0.25) is 0 Å². The zero-order valence-electron chi connectivity index (χ0n) is 14.0. The van der Waals surface area contributed by atoms with E-state index in [0.29, 0.717) is 25.3 Å². The summed E-state index contributed by atoms with van der Waals surface area (Å²) >= 11 is 0. The van der Waals surface area contributed by atoms with Crippen LogP contribution in [0.2, 0.25) is 0 Å². The van der Waals surface area contributed by atoms with Crippen LogP contribution in [-0.2, 0) is 24.1 Å². The number of hydrogen-bond donors (Lipinski definition) is 0. The molecule has 0 aliphatic carbocycles. The highest BCUT2D eigenvalue weighted by Crippen LogP contribution is 2.25. The summed E-state index contributed by atoms with van der Waals surface area (Å²) in [4.78, 5) is 14.4. The Hall–Kier alpha value is -2.65. The predicted molar refractivity (Wildman–Crippen MR) is 88.9 cm³/mol. The van der Waals surface area contributed by atoms with E-state index in [1.165, 1.54) is 0 Å². The minimum absolute atomic E-state index is 0.333. The molecule has 6 heteroatoms. The van der Waals surface area contributed by atoms with Crippen molar-refractivity contribution < 1.29 is 9.53 Å². The molecular formula is C18H20N4O2. The topological polar surface area (TPSA) is 71.1 Å². The van der Waals surface area contributed by atoms with Crippen molar-refractivity contribution >= 4 is 5.97 Å². The second-order valence-electron chi connectivity index (χ2n) is 5.90. The number of carbonyl (C=O) groups is 1. The van der Waals surface area contributed by atoms with E-state index < -0.39 is 0 Å². The number of fused-ring (bicyclic) bond motifs is 1. The lowest BCUT2D eigenvalue weighted by Gasteiger charge is -2.23. The van der Waals surface area contributed by atoms with Gasteiger partial charge < -0.3 is 9.64 Å². The quantitative estimate of drug-likeness (QED) is 0.806. The molecule has 6 nitrogen and oxygen atoms in total. The molecule has 3 rings (SSSR count). The number of carbonyl (C=O) groups excluding carboxylic acids is 1. The number of ether oxygens (including phenoxy) is 1. The van der Waals surface area contributed by atoms with Gasteiger partial charge in [0.1, 0.15) is 0 Å². The van der Waals surface area contributed by atoms with Gasteiger partial charge >= 0.3 is 5.97 Å². The molecule has 1 aromatic carbocycles. The Labute approximate surface area is 141 Å². The van der Waals surface area contributed by atoms with Gasteiger partial charge in [0.05, 0.1) is 30.5 Å². The van der Waals surface area contributed by atoms with E-state index in [9.17, 15) is 4.79 Å². The molecule has 0 spiro atoms. The van der Waals surface area contributed by atoms with Gasteiger partial charge in [-0.1, -0.05) is 12.1 Å². The Morgan fingerprint density at radius 2 is 2.12 bits per heavy atom. The van der Waals surface area contributed by atoms with Crippen molar-refractivity contribution in [1.82, 2.24) is 14.7 Å². The van der Waals surface area contributed by atoms with Crippen LogP contribution in [0.25, 0.3) is 5.69 Å². The maximum atomic E-state index is 12.3. The van der Waals surface area contributed by atoms with Crippen LogP contribution in [0.1, 0.15) is 34.2 Å². The zero-order valence-corrected chi connectivity index (χ0v) is 14.0. The minimum atomic E-state index is -0.371. The largest absolute Gasteiger partial charge is 0.461 e. The number of likely N-dealkylation sites (N-methyl/N-ethyl adjacent to an activating group) is 1. The van der Waals surface area contributed by atoms with E-state index >= 15 is 0 Å². The maximum absolute atomic E-state index is 12.3. The summed E-state index contributed by atoms with van der Waals surface area (Å²) in [6.45, 7) is 3.74. The lowest BCUT2D eigenvalue weighted by molar-refractivity contribution is 0.0516. The molecule has 1 aliphatic heterocycles. The van der Waals surface area contributed by atoms with E-state index in [1.807, 2.05) is 36.0 Å². The average molecular weight is 324 g/mol. The van der Waals surface area contributed by atoms with Crippen LogP contribution < -0.4 is 0 Å². The first-order valence-corrected chi connectivity index (χ1v) is 8.06. The number of nitrogens with zero attached hydrogens (tertiary/aromatic N) is 4. The molecule has 0 fully saturated rings. The third-order valence-corrected chi connectivity index (χ3v) is 4.18. The Kier molecular flexibility index (Phi) is 4.63. The first kappa shape index (κ1) is 16.2. The maximum Gasteiger partial charge on any atom is 0.359 e. The van der Waals surface area contributed by atoms with E-state index in [2.05, 4.69) is 16.1 Å². The van der Waals surface area contributed by atoms with Gasteiger partial charge in [-0.25, -0.2) is 9.48 Å². The van der Waals surface area contributed by atoms with Crippen LogP contribution in [-0.4, -0.2) is 40.8 Å². The van der Waals surface area contributed by atoms with Crippen molar-refractivity contribution in [2.24, 2.45) is 0 Å². The highest BCUT2D eigenvalue weighted by atomic mass is 16.5. The number of nitriles is 1. The number of rotatable bonds is 4. The van der Waals surface area contributed by atoms with Gasteiger partial charge in [-0.15, -0.1) is 0 Å². The molecule has 0 unspecified atom stereocenters. The van der Waals surface area contributed by atoms with Crippen molar-refractivity contribution in [1.29, 1.82) is 5.26 Å². The molecule has 124 valence electrons. The lowest BCUT2D eigenvalue weighted by atomic mass is 10.1. The fraction of sp³-hybridized carbons (Fsp3) is 0.389. The standard InChI is InChI=1S/C18H20N4O2/c1-3-24-18(23)17-15-12-21(2)11-9-16(15)22(20-17)14-6-4-13(5-7-14)8-10-19/h4-7H,3,8-9,11-12H2,1-2H3. The highest BCUT2D eigenvalue weighted by Gasteiger charge is 2.28. The van der Waals surface area contributed by atoms with Gasteiger partial charge in [0.25, 0.3) is 0 Å². The summed E-state index contributed by atoms with van der Waals surface area (Å²) in [5.41, 5.74) is 4.27. The Balaban J connectivity index is 2.03. The Bertz CT molecular complexity index is 787. The molecule has 1 aromatic heterocycles. The van der Waals surface area contributed by atoms with Crippen LogP contribution in [0.5, 0.6) is 0 Å². The minimum Gasteiger partial charge on any atom is -0.461 e. The number of esters is 1. The van der Waals surface area contributed by atoms with Crippen LogP contribution in [0, 0.1) is 11.3 Å². The van der Waals surface area contributed by atoms with Crippen molar-refractivity contribution in [2.45, 2.75) is 26.3 Å². The molecule has 1 aliphatic rings. The van der Waals surface area contributed by atoms with Gasteiger partial charge in [0, 0.05) is 25.1 Å². The molecule has 0 N–H and O–H groups in total. The summed E-state index contributed by atoms with van der Waals surface area (Å²) in [5, 5.41) is 13.3. The average Bonchev–Trinajstić information content (AvgIpc) is 2.95. The molecule has 2 aromatic rings. The fourth-order valence-electron chi connectivity index (χ4n) is 2.98. The zero-order chi connectivity index (χ0) is 17.1. The van der Waals surface area contributed by atoms with Crippen LogP contribution in [0.4, 0.5) is 0 Å². The first-order chi connectivity index (χ1) is 11.6. The molecule has 24 heavy (non-hydrogen) atoms. The van der Waals surface area contributed by atoms with Crippen molar-refractivity contribution in [2.75, 3.05) is 20.2 Å². The third kappa shape index (κ3) is 3.03. The molecule has 0 amide bonds. The van der Waals surface area contributed by atoms with E-state index in [0.717, 1.165) is 35.5 Å². The van der Waals surface area contributed by atoms with Gasteiger partial charge in [0.15, 0.2) is 5.69 Å². The Morgan fingerprint density at radius 3 is 2.79 bits per heavy atom. The second-order valence-corrected chi connectivity index (χ2v) is 5.90. The first-order valence-electron chi connectivity index (χ1n) is 8.06. The molecular weight excluding hydrogens is 304 g/mol. The summed E-state index contributed by atoms with van der Waals surface area (Å²) < 4.78 is 7.00. The van der Waals surface area contributed by atoms with Gasteiger partial charge in [-0.2, -0.15) is 10.4 Å². The highest BCUT2D eigenvalue weighted by molar-refractivity contribution is 5.89. The van der Waals surface area contributed by atoms with Crippen LogP contribution in [0.3, 0.4) is 0 Å². The van der Waals surface area contributed by atoms with Gasteiger partial charge in [-0.05, 0) is 31.7 Å².